The van der Waals surface area contributed by atoms with Crippen LogP contribution in [0.1, 0.15) is 19.7 Å². The van der Waals surface area contributed by atoms with Crippen molar-refractivity contribution in [2.45, 2.75) is 33.7 Å². The van der Waals surface area contributed by atoms with Crippen LogP contribution in [0.5, 0.6) is 0 Å². The van der Waals surface area contributed by atoms with Crippen LogP contribution in [0.4, 0.5) is 14.7 Å². The van der Waals surface area contributed by atoms with Gasteiger partial charge in [0.25, 0.3) is 6.43 Å². The molecule has 0 saturated heterocycles. The highest BCUT2D eigenvalue weighted by atomic mass is 19.3. The van der Waals surface area contributed by atoms with Crippen LogP contribution in [-0.2, 0) is 6.54 Å². The van der Waals surface area contributed by atoms with Crippen molar-refractivity contribution >= 4 is 22.6 Å². The van der Waals surface area contributed by atoms with Crippen LogP contribution in [0.25, 0.3) is 27.8 Å². The molecule has 4 heterocycles. The minimum atomic E-state index is -2.46. The number of aryl methyl sites for hydroxylation is 1. The fraction of sp³-hybridized carbons (Fsp3) is 0.368. The average Bonchev–Trinajstić information content (AvgIpc) is 3.20. The van der Waals surface area contributed by atoms with Gasteiger partial charge in [-0.2, -0.15) is 0 Å². The minimum absolute atomic E-state index is 0.405. The van der Waals surface area contributed by atoms with Gasteiger partial charge in [-0.15, -0.1) is 5.10 Å². The number of hydrogen-bond acceptors (Lipinski definition) is 5. The van der Waals surface area contributed by atoms with E-state index in [4.69, 9.17) is 0 Å². The molecule has 0 amide bonds. The van der Waals surface area contributed by atoms with Gasteiger partial charge in [-0.25, -0.2) is 28.2 Å². The summed E-state index contributed by atoms with van der Waals surface area (Å²) < 4.78 is 29.1. The molecule has 0 unspecified atom stereocenters. The number of anilines is 1. The number of nitrogens with zero attached hydrogens (tertiary/aromatic N) is 6. The van der Waals surface area contributed by atoms with Crippen molar-refractivity contribution in [3.63, 3.8) is 0 Å². The normalized spacial score (nSPS) is 12.0. The van der Waals surface area contributed by atoms with Gasteiger partial charge >= 0.3 is 0 Å². The quantitative estimate of drug-likeness (QED) is 0.547. The summed E-state index contributed by atoms with van der Waals surface area (Å²) in [7, 11) is 0. The zero-order valence-electron chi connectivity index (χ0n) is 15.9. The number of hydrogen-bond donors (Lipinski definition) is 1. The molecule has 0 radical (unpaired) electrons. The molecule has 4 rings (SSSR count). The standard InChI is InChI=1S/C19H21F2N7/c1-11(2)7-23-19-24-9-16-14(4-5-28(16)26-19)13-6-15-18(22-8-13)25-12(3)27(15)10-17(20)21/h4-6,8-9,11,17H,7,10H2,1-3H3,(H,23,26). The Morgan fingerprint density at radius 3 is 2.71 bits per heavy atom. The molecule has 4 aromatic heterocycles. The Morgan fingerprint density at radius 2 is 1.96 bits per heavy atom. The van der Waals surface area contributed by atoms with Crippen LogP contribution in [0, 0.1) is 12.8 Å². The largest absolute Gasteiger partial charge is 0.353 e. The van der Waals surface area contributed by atoms with Crippen LogP contribution >= 0.6 is 0 Å². The maximum absolute atomic E-state index is 12.9. The predicted molar refractivity (Wildman–Crippen MR) is 104 cm³/mol. The summed E-state index contributed by atoms with van der Waals surface area (Å²) >= 11 is 0. The van der Waals surface area contributed by atoms with E-state index in [-0.39, 0.29) is 0 Å². The van der Waals surface area contributed by atoms with Gasteiger partial charge in [0.15, 0.2) is 5.65 Å². The van der Waals surface area contributed by atoms with Gasteiger partial charge in [-0.1, -0.05) is 13.8 Å². The van der Waals surface area contributed by atoms with E-state index in [0.717, 1.165) is 23.2 Å². The molecule has 7 nitrogen and oxygen atoms in total. The molecule has 0 spiro atoms. The van der Waals surface area contributed by atoms with E-state index in [1.165, 1.54) is 4.57 Å². The first-order valence-electron chi connectivity index (χ1n) is 9.12. The van der Waals surface area contributed by atoms with Gasteiger partial charge in [0.05, 0.1) is 23.8 Å². The summed E-state index contributed by atoms with van der Waals surface area (Å²) in [6, 6.07) is 3.75. The second kappa shape index (κ2) is 7.14. The van der Waals surface area contributed by atoms with Crippen LogP contribution in [0.3, 0.4) is 0 Å². The van der Waals surface area contributed by atoms with E-state index in [9.17, 15) is 8.78 Å². The van der Waals surface area contributed by atoms with E-state index >= 15 is 0 Å². The maximum atomic E-state index is 12.9. The Morgan fingerprint density at radius 1 is 1.14 bits per heavy atom. The molecule has 146 valence electrons. The molecule has 0 saturated carbocycles. The van der Waals surface area contributed by atoms with Crippen molar-refractivity contribution < 1.29 is 8.78 Å². The monoisotopic (exact) mass is 385 g/mol. The number of fused-ring (bicyclic) bond motifs is 2. The van der Waals surface area contributed by atoms with Gasteiger partial charge < -0.3 is 9.88 Å². The van der Waals surface area contributed by atoms with Crippen molar-refractivity contribution in [3.05, 3.63) is 36.5 Å². The summed E-state index contributed by atoms with van der Waals surface area (Å²) in [5.74, 6) is 1.56. The van der Waals surface area contributed by atoms with Crippen LogP contribution in [-0.4, -0.2) is 42.1 Å². The molecule has 1 N–H and O–H groups in total. The molecule has 0 aliphatic heterocycles. The smallest absolute Gasteiger partial charge is 0.256 e. The highest BCUT2D eigenvalue weighted by Crippen LogP contribution is 2.28. The molecule has 0 atom stereocenters. The molecule has 0 aromatic carbocycles. The lowest BCUT2D eigenvalue weighted by Crippen LogP contribution is -2.11. The number of aromatic nitrogens is 6. The molecule has 28 heavy (non-hydrogen) atoms. The third kappa shape index (κ3) is 3.39. The summed E-state index contributed by atoms with van der Waals surface area (Å²) in [4.78, 5) is 13.0. The Kier molecular flexibility index (Phi) is 4.66. The third-order valence-electron chi connectivity index (χ3n) is 4.51. The van der Waals surface area contributed by atoms with Crippen molar-refractivity contribution in [2.75, 3.05) is 11.9 Å². The average molecular weight is 385 g/mol. The van der Waals surface area contributed by atoms with E-state index in [2.05, 4.69) is 39.2 Å². The third-order valence-corrected chi connectivity index (χ3v) is 4.51. The SMILES string of the molecule is Cc1nc2ncc(-c3ccn4nc(NCC(C)C)ncc34)cc2n1CC(F)F. The molecule has 9 heteroatoms. The van der Waals surface area contributed by atoms with Gasteiger partial charge in [-0.05, 0) is 25.0 Å². The zero-order valence-corrected chi connectivity index (χ0v) is 15.9. The number of nitrogens with one attached hydrogen (secondary N) is 1. The van der Waals surface area contributed by atoms with Gasteiger partial charge in [0.2, 0.25) is 5.95 Å². The summed E-state index contributed by atoms with van der Waals surface area (Å²) in [5.41, 5.74) is 3.55. The van der Waals surface area contributed by atoms with E-state index < -0.39 is 13.0 Å². The molecule has 0 aliphatic rings. The number of imidazole rings is 1. The summed E-state index contributed by atoms with van der Waals surface area (Å²) in [5, 5.41) is 7.67. The lowest BCUT2D eigenvalue weighted by Gasteiger charge is -2.08. The fourth-order valence-corrected chi connectivity index (χ4v) is 3.16. The molecular formula is C19H21F2N7. The Bertz CT molecular complexity index is 1130. The van der Waals surface area contributed by atoms with Gasteiger partial charge in [0.1, 0.15) is 5.82 Å². The molecule has 0 aliphatic carbocycles. The summed E-state index contributed by atoms with van der Waals surface area (Å²) in [6.07, 6.45) is 2.83. The van der Waals surface area contributed by atoms with E-state index in [0.29, 0.717) is 28.9 Å². The second-order valence-electron chi connectivity index (χ2n) is 7.14. The molecule has 0 bridgehead atoms. The minimum Gasteiger partial charge on any atom is -0.353 e. The van der Waals surface area contributed by atoms with Crippen molar-refractivity contribution in [3.8, 4) is 11.1 Å². The van der Waals surface area contributed by atoms with Crippen molar-refractivity contribution in [2.24, 2.45) is 5.92 Å². The Labute approximate surface area is 160 Å². The van der Waals surface area contributed by atoms with Crippen molar-refractivity contribution in [1.82, 2.24) is 29.1 Å². The fourth-order valence-electron chi connectivity index (χ4n) is 3.16. The zero-order chi connectivity index (χ0) is 19.8. The highest BCUT2D eigenvalue weighted by Gasteiger charge is 2.15. The lowest BCUT2D eigenvalue weighted by molar-refractivity contribution is 0.127. The van der Waals surface area contributed by atoms with E-state index in [1.807, 2.05) is 18.3 Å². The molecule has 0 fully saturated rings. The van der Waals surface area contributed by atoms with Gasteiger partial charge in [-0.3, -0.25) is 0 Å². The Balaban J connectivity index is 1.74. The first kappa shape index (κ1) is 18.3. The lowest BCUT2D eigenvalue weighted by atomic mass is 10.1. The first-order chi connectivity index (χ1) is 13.4. The van der Waals surface area contributed by atoms with Gasteiger partial charge in [0, 0.05) is 30.1 Å². The van der Waals surface area contributed by atoms with Crippen molar-refractivity contribution in [1.29, 1.82) is 0 Å². The van der Waals surface area contributed by atoms with Crippen LogP contribution in [0.15, 0.2) is 30.7 Å². The first-order valence-corrected chi connectivity index (χ1v) is 9.12. The number of alkyl halides is 2. The molecule has 4 aromatic rings. The highest BCUT2D eigenvalue weighted by molar-refractivity contribution is 5.85. The Hall–Kier alpha value is -3.10. The number of halogens is 2. The maximum Gasteiger partial charge on any atom is 0.256 e. The van der Waals surface area contributed by atoms with Crippen LogP contribution in [0.2, 0.25) is 0 Å². The number of pyridine rings is 1. The summed E-state index contributed by atoms with van der Waals surface area (Å²) in [6.45, 7) is 6.31. The van der Waals surface area contributed by atoms with Crippen LogP contribution < -0.4 is 5.32 Å². The van der Waals surface area contributed by atoms with E-state index in [1.54, 1.807) is 23.8 Å². The predicted octanol–water partition coefficient (Wildman–Crippen LogP) is 3.78. The number of rotatable bonds is 6. The molecular weight excluding hydrogens is 364 g/mol. The topological polar surface area (TPSA) is 72.9 Å². The second-order valence-corrected chi connectivity index (χ2v) is 7.14.